The van der Waals surface area contributed by atoms with Gasteiger partial charge in [0.25, 0.3) is 0 Å². The first kappa shape index (κ1) is 17.4. The third-order valence-electron chi connectivity index (χ3n) is 3.26. The van der Waals surface area contributed by atoms with E-state index >= 15 is 0 Å². The summed E-state index contributed by atoms with van der Waals surface area (Å²) < 4.78 is 10.8. The summed E-state index contributed by atoms with van der Waals surface area (Å²) >= 11 is 1.69. The van der Waals surface area contributed by atoms with Gasteiger partial charge in [-0.2, -0.15) is 0 Å². The van der Waals surface area contributed by atoms with Crippen molar-refractivity contribution in [2.24, 2.45) is 0 Å². The Balaban J connectivity index is 2.29. The van der Waals surface area contributed by atoms with Crippen LogP contribution in [0.1, 0.15) is 15.9 Å². The van der Waals surface area contributed by atoms with Gasteiger partial charge in [-0.15, -0.1) is 11.8 Å². The molecule has 0 saturated heterocycles. The maximum atomic E-state index is 11.7. The van der Waals surface area contributed by atoms with Gasteiger partial charge >= 0.3 is 5.97 Å². The summed E-state index contributed by atoms with van der Waals surface area (Å²) in [5.41, 5.74) is 1.46. The van der Waals surface area contributed by atoms with Crippen LogP contribution in [0.5, 0.6) is 11.5 Å². The molecule has 2 rings (SSSR count). The zero-order valence-electron chi connectivity index (χ0n) is 13.8. The Morgan fingerprint density at radius 3 is 2.39 bits per heavy atom. The third kappa shape index (κ3) is 4.74. The summed E-state index contributed by atoms with van der Waals surface area (Å²) in [6.45, 7) is 0.670. The van der Waals surface area contributed by atoms with Gasteiger partial charge in [-0.3, -0.25) is 0 Å². The Morgan fingerprint density at radius 2 is 1.83 bits per heavy atom. The van der Waals surface area contributed by atoms with E-state index in [1.807, 2.05) is 61.6 Å². The molecule has 0 bridgehead atoms. The first-order chi connectivity index (χ1) is 11.0. The number of carbonyl (C=O) groups is 1. The summed E-state index contributed by atoms with van der Waals surface area (Å²) in [5.74, 6) is 1.16. The lowest BCUT2D eigenvalue weighted by Crippen LogP contribution is -2.12. The molecule has 0 spiro atoms. The summed E-state index contributed by atoms with van der Waals surface area (Å²) in [4.78, 5) is 14.9. The highest BCUT2D eigenvalue weighted by Crippen LogP contribution is 2.28. The summed E-state index contributed by atoms with van der Waals surface area (Å²) in [5, 5.41) is 0. The van der Waals surface area contributed by atoms with Crippen molar-refractivity contribution in [2.75, 3.05) is 27.5 Å². The molecule has 0 radical (unpaired) electrons. The minimum absolute atomic E-state index is 0.346. The zero-order chi connectivity index (χ0) is 16.8. The molecule has 0 N–H and O–H groups in total. The molecule has 2 aromatic rings. The summed E-state index contributed by atoms with van der Waals surface area (Å²) in [6, 6.07) is 13.3. The molecular weight excluding hydrogens is 310 g/mol. The Labute approximate surface area is 141 Å². The van der Waals surface area contributed by atoms with Crippen LogP contribution < -0.4 is 4.74 Å². The van der Waals surface area contributed by atoms with Crippen LogP contribution in [-0.4, -0.2) is 38.3 Å². The fourth-order valence-electron chi connectivity index (χ4n) is 2.16. The molecule has 5 heteroatoms. The molecule has 0 fully saturated rings. The smallest absolute Gasteiger partial charge is 0.337 e. The van der Waals surface area contributed by atoms with Gasteiger partial charge in [-0.25, -0.2) is 4.79 Å². The van der Waals surface area contributed by atoms with E-state index < -0.39 is 0 Å². The molecule has 0 saturated carbocycles. The third-order valence-corrected chi connectivity index (χ3v) is 4.00. The average Bonchev–Trinajstić information content (AvgIpc) is 2.56. The van der Waals surface area contributed by atoms with Crippen molar-refractivity contribution in [3.8, 4) is 11.5 Å². The van der Waals surface area contributed by atoms with E-state index in [9.17, 15) is 4.79 Å². The van der Waals surface area contributed by atoms with Gasteiger partial charge in [0.05, 0.1) is 12.7 Å². The SMILES string of the molecule is COC(=O)c1ccc(Oc2ccc(SC)cc2)c(CN(C)C)c1. The molecule has 0 heterocycles. The Hall–Kier alpha value is -1.98. The highest BCUT2D eigenvalue weighted by Gasteiger charge is 2.12. The van der Waals surface area contributed by atoms with Crippen LogP contribution >= 0.6 is 11.8 Å². The number of esters is 1. The monoisotopic (exact) mass is 331 g/mol. The molecule has 0 unspecified atom stereocenters. The van der Waals surface area contributed by atoms with Crippen molar-refractivity contribution in [1.82, 2.24) is 4.90 Å². The Morgan fingerprint density at radius 1 is 1.13 bits per heavy atom. The van der Waals surface area contributed by atoms with Crippen LogP contribution in [0.2, 0.25) is 0 Å². The van der Waals surface area contributed by atoms with E-state index in [1.165, 1.54) is 12.0 Å². The van der Waals surface area contributed by atoms with Gasteiger partial charge < -0.3 is 14.4 Å². The Kier molecular flexibility index (Phi) is 6.07. The van der Waals surface area contributed by atoms with Gasteiger partial charge in [0, 0.05) is 17.0 Å². The van der Waals surface area contributed by atoms with Crippen molar-refractivity contribution in [2.45, 2.75) is 11.4 Å². The molecular formula is C18H21NO3S. The van der Waals surface area contributed by atoms with Crippen molar-refractivity contribution >= 4 is 17.7 Å². The van der Waals surface area contributed by atoms with E-state index in [1.54, 1.807) is 17.8 Å². The fraction of sp³-hybridized carbons (Fsp3) is 0.278. The van der Waals surface area contributed by atoms with Crippen molar-refractivity contribution in [1.29, 1.82) is 0 Å². The lowest BCUT2D eigenvalue weighted by atomic mass is 10.1. The number of hydrogen-bond donors (Lipinski definition) is 0. The minimum atomic E-state index is -0.346. The van der Waals surface area contributed by atoms with Crippen LogP contribution in [0.3, 0.4) is 0 Å². The molecule has 23 heavy (non-hydrogen) atoms. The fourth-order valence-corrected chi connectivity index (χ4v) is 2.57. The standard InChI is InChI=1S/C18H21NO3S/c1-19(2)12-14-11-13(18(20)21-3)5-10-17(14)22-15-6-8-16(23-4)9-7-15/h5-11H,12H2,1-4H3. The number of rotatable bonds is 6. The molecule has 0 aliphatic heterocycles. The maximum Gasteiger partial charge on any atom is 0.337 e. The number of ether oxygens (including phenoxy) is 2. The largest absolute Gasteiger partial charge is 0.465 e. The molecule has 122 valence electrons. The van der Waals surface area contributed by atoms with Gasteiger partial charge in [0.2, 0.25) is 0 Å². The summed E-state index contributed by atoms with van der Waals surface area (Å²) in [7, 11) is 5.33. The second kappa shape index (κ2) is 8.04. The molecule has 0 aliphatic carbocycles. The lowest BCUT2D eigenvalue weighted by molar-refractivity contribution is 0.0600. The average molecular weight is 331 g/mol. The molecule has 0 aromatic heterocycles. The number of thioether (sulfide) groups is 1. The molecule has 0 amide bonds. The first-order valence-electron chi connectivity index (χ1n) is 7.21. The molecule has 2 aromatic carbocycles. The second-order valence-electron chi connectivity index (χ2n) is 5.33. The lowest BCUT2D eigenvalue weighted by Gasteiger charge is -2.16. The number of carbonyl (C=O) groups excluding carboxylic acids is 1. The highest BCUT2D eigenvalue weighted by molar-refractivity contribution is 7.98. The van der Waals surface area contributed by atoms with E-state index in [0.717, 1.165) is 17.1 Å². The topological polar surface area (TPSA) is 38.8 Å². The van der Waals surface area contributed by atoms with Crippen LogP contribution in [0, 0.1) is 0 Å². The summed E-state index contributed by atoms with van der Waals surface area (Å²) in [6.07, 6.45) is 2.04. The van der Waals surface area contributed by atoms with Crippen LogP contribution in [0.4, 0.5) is 0 Å². The van der Waals surface area contributed by atoms with Crippen molar-refractivity contribution < 1.29 is 14.3 Å². The van der Waals surface area contributed by atoms with Crippen LogP contribution in [-0.2, 0) is 11.3 Å². The molecule has 4 nitrogen and oxygen atoms in total. The Bertz CT molecular complexity index is 668. The van der Waals surface area contributed by atoms with Gasteiger partial charge in [-0.05, 0) is 62.8 Å². The van der Waals surface area contributed by atoms with Crippen LogP contribution in [0.15, 0.2) is 47.4 Å². The number of benzene rings is 2. The molecule has 0 aliphatic rings. The van der Waals surface area contributed by atoms with Crippen molar-refractivity contribution in [3.63, 3.8) is 0 Å². The van der Waals surface area contributed by atoms with E-state index in [-0.39, 0.29) is 5.97 Å². The zero-order valence-corrected chi connectivity index (χ0v) is 14.6. The van der Waals surface area contributed by atoms with E-state index in [0.29, 0.717) is 12.1 Å². The van der Waals surface area contributed by atoms with Crippen molar-refractivity contribution in [3.05, 3.63) is 53.6 Å². The van der Waals surface area contributed by atoms with Gasteiger partial charge in [-0.1, -0.05) is 0 Å². The molecule has 0 atom stereocenters. The first-order valence-corrected chi connectivity index (χ1v) is 8.44. The minimum Gasteiger partial charge on any atom is -0.465 e. The van der Waals surface area contributed by atoms with Crippen LogP contribution in [0.25, 0.3) is 0 Å². The highest BCUT2D eigenvalue weighted by atomic mass is 32.2. The van der Waals surface area contributed by atoms with E-state index in [2.05, 4.69) is 0 Å². The second-order valence-corrected chi connectivity index (χ2v) is 6.21. The maximum absolute atomic E-state index is 11.7. The van der Waals surface area contributed by atoms with E-state index in [4.69, 9.17) is 9.47 Å². The number of methoxy groups -OCH3 is 1. The van der Waals surface area contributed by atoms with Gasteiger partial charge in [0.15, 0.2) is 0 Å². The predicted octanol–water partition coefficient (Wildman–Crippen LogP) is 4.05. The number of hydrogen-bond acceptors (Lipinski definition) is 5. The normalized spacial score (nSPS) is 10.7. The number of nitrogens with zero attached hydrogens (tertiary/aromatic N) is 1. The van der Waals surface area contributed by atoms with Gasteiger partial charge in [0.1, 0.15) is 11.5 Å². The quantitative estimate of drug-likeness (QED) is 0.590. The predicted molar refractivity (Wildman–Crippen MR) is 93.5 cm³/mol.